The first-order valence-corrected chi connectivity index (χ1v) is 13.1. The number of pyridine rings is 1. The third-order valence-electron chi connectivity index (χ3n) is 6.75. The average molecular weight is 537 g/mol. The Balaban J connectivity index is 0.000000179. The van der Waals surface area contributed by atoms with Crippen molar-refractivity contribution in [1.29, 1.82) is 5.26 Å². The topological polar surface area (TPSA) is 97.1 Å². The number of halogens is 1. The van der Waals surface area contributed by atoms with Gasteiger partial charge in [0.2, 0.25) is 0 Å². The van der Waals surface area contributed by atoms with E-state index in [0.717, 1.165) is 47.2 Å². The fraction of sp³-hybridized carbons (Fsp3) is 0.429. The van der Waals surface area contributed by atoms with Crippen molar-refractivity contribution < 1.29 is 8.83 Å². The molecule has 0 aromatic carbocycles. The second kappa shape index (κ2) is 12.1. The first-order valence-electron chi connectivity index (χ1n) is 12.3. The summed E-state index contributed by atoms with van der Waals surface area (Å²) in [4.78, 5) is 27.2. The molecule has 0 spiro atoms. The van der Waals surface area contributed by atoms with Gasteiger partial charge in [-0.05, 0) is 49.9 Å². The van der Waals surface area contributed by atoms with Gasteiger partial charge in [0.05, 0.1) is 11.3 Å². The summed E-state index contributed by atoms with van der Waals surface area (Å²) in [5.41, 5.74) is 1.38. The van der Waals surface area contributed by atoms with Gasteiger partial charge in [-0.25, -0.2) is 9.59 Å². The Morgan fingerprint density at radius 3 is 1.89 bits per heavy atom. The molecule has 3 aromatic rings. The summed E-state index contributed by atoms with van der Waals surface area (Å²) >= 11 is 3.32. The third kappa shape index (κ3) is 7.02. The zero-order valence-electron chi connectivity index (χ0n) is 19.7. The first kappa shape index (κ1) is 25.1. The molecule has 35 heavy (non-hydrogen) atoms. The second-order valence-corrected chi connectivity index (χ2v) is 10.2. The lowest BCUT2D eigenvalue weighted by Crippen LogP contribution is -2.09. The van der Waals surface area contributed by atoms with E-state index in [2.05, 4.69) is 20.9 Å². The Morgan fingerprint density at radius 2 is 1.37 bits per heavy atom. The van der Waals surface area contributed by atoms with Crippen LogP contribution in [0, 0.1) is 11.3 Å². The molecule has 2 aliphatic rings. The Bertz CT molecular complexity index is 1280. The van der Waals surface area contributed by atoms with Gasteiger partial charge in [-0.1, -0.05) is 54.5 Å². The van der Waals surface area contributed by atoms with Crippen LogP contribution < -0.4 is 11.3 Å². The van der Waals surface area contributed by atoms with Crippen LogP contribution in [0.2, 0.25) is 0 Å². The van der Waals surface area contributed by atoms with E-state index in [1.165, 1.54) is 56.9 Å². The lowest BCUT2D eigenvalue weighted by Gasteiger charge is -2.20. The Morgan fingerprint density at radius 1 is 0.800 bits per heavy atom. The largest absolute Gasteiger partial charge is 0.428 e. The van der Waals surface area contributed by atoms with E-state index in [4.69, 9.17) is 14.1 Å². The summed E-state index contributed by atoms with van der Waals surface area (Å²) in [7, 11) is 0. The fourth-order valence-electron chi connectivity index (χ4n) is 4.92. The number of nitrogens with zero attached hydrogens (tertiary/aromatic N) is 2. The highest BCUT2D eigenvalue weighted by Crippen LogP contribution is 2.34. The predicted molar refractivity (Wildman–Crippen MR) is 137 cm³/mol. The molecule has 0 amide bonds. The zero-order chi connectivity index (χ0) is 24.6. The maximum atomic E-state index is 11.8. The molecule has 3 aromatic heterocycles. The maximum absolute atomic E-state index is 11.8. The van der Waals surface area contributed by atoms with Crippen LogP contribution in [0.4, 0.5) is 0 Å². The molecule has 2 saturated carbocycles. The molecule has 2 aliphatic carbocycles. The summed E-state index contributed by atoms with van der Waals surface area (Å²) in [6, 6.07) is 12.3. The van der Waals surface area contributed by atoms with Gasteiger partial charge in [-0.3, -0.25) is 4.98 Å². The number of aromatic nitrogens is 1. The molecule has 0 saturated heterocycles. The summed E-state index contributed by atoms with van der Waals surface area (Å²) < 4.78 is 11.4. The molecule has 0 radical (unpaired) electrons. The highest BCUT2D eigenvalue weighted by Gasteiger charge is 2.20. The Kier molecular flexibility index (Phi) is 8.70. The minimum Gasteiger partial charge on any atom is -0.428 e. The standard InChI is InChI=1S/C17H16N2O2.C11H13BrO2/c18-10-12-6-7-15(19-11-12)14-8-16(21-17(20)9-14)13-4-2-1-3-5-13;12-9-6-10(14-11(13)7-9)8-4-2-1-3-5-8/h6-9,11,13H,1-5H2;6-8H,1-5H2. The van der Waals surface area contributed by atoms with Crippen molar-refractivity contribution in [2.75, 3.05) is 0 Å². The van der Waals surface area contributed by atoms with Crippen molar-refractivity contribution in [3.63, 3.8) is 0 Å². The van der Waals surface area contributed by atoms with Gasteiger partial charge >= 0.3 is 11.3 Å². The Labute approximate surface area is 213 Å². The van der Waals surface area contributed by atoms with Gasteiger partial charge in [-0.15, -0.1) is 0 Å². The molecule has 0 unspecified atom stereocenters. The van der Waals surface area contributed by atoms with Crippen LogP contribution in [0.15, 0.2) is 65.5 Å². The SMILES string of the molecule is N#Cc1ccc(-c2cc(C3CCCCC3)oc(=O)c2)nc1.O=c1cc(Br)cc(C2CCCCC2)o1. The van der Waals surface area contributed by atoms with Crippen molar-refractivity contribution >= 4 is 15.9 Å². The molecule has 5 rings (SSSR count). The highest BCUT2D eigenvalue weighted by atomic mass is 79.9. The molecule has 3 heterocycles. The van der Waals surface area contributed by atoms with Gasteiger partial charge in [0.15, 0.2) is 0 Å². The van der Waals surface area contributed by atoms with E-state index in [1.54, 1.807) is 12.1 Å². The normalized spacial score (nSPS) is 16.7. The molecule has 182 valence electrons. The van der Waals surface area contributed by atoms with Crippen LogP contribution >= 0.6 is 15.9 Å². The van der Waals surface area contributed by atoms with Crippen LogP contribution in [0.1, 0.15) is 93.1 Å². The summed E-state index contributed by atoms with van der Waals surface area (Å²) in [5.74, 6) is 2.41. The second-order valence-electron chi connectivity index (χ2n) is 9.28. The van der Waals surface area contributed by atoms with E-state index >= 15 is 0 Å². The van der Waals surface area contributed by atoms with Gasteiger partial charge in [-0.2, -0.15) is 5.26 Å². The van der Waals surface area contributed by atoms with Crippen LogP contribution in [0.25, 0.3) is 11.3 Å². The molecular weight excluding hydrogens is 508 g/mol. The maximum Gasteiger partial charge on any atom is 0.336 e. The van der Waals surface area contributed by atoms with Crippen molar-refractivity contribution in [3.8, 4) is 17.3 Å². The quantitative estimate of drug-likeness (QED) is 0.355. The average Bonchev–Trinajstić information content (AvgIpc) is 2.89. The van der Waals surface area contributed by atoms with E-state index in [9.17, 15) is 9.59 Å². The minimum atomic E-state index is -0.334. The zero-order valence-corrected chi connectivity index (χ0v) is 21.3. The minimum absolute atomic E-state index is 0.250. The fourth-order valence-corrected chi connectivity index (χ4v) is 5.33. The lowest BCUT2D eigenvalue weighted by atomic mass is 9.87. The van der Waals surface area contributed by atoms with Crippen molar-refractivity contribution in [2.24, 2.45) is 0 Å². The van der Waals surface area contributed by atoms with E-state index in [0.29, 0.717) is 23.1 Å². The van der Waals surface area contributed by atoms with Crippen molar-refractivity contribution in [2.45, 2.75) is 76.0 Å². The van der Waals surface area contributed by atoms with Crippen LogP contribution in [-0.4, -0.2) is 4.98 Å². The third-order valence-corrected chi connectivity index (χ3v) is 7.21. The molecule has 0 atom stereocenters. The number of nitriles is 1. The lowest BCUT2D eigenvalue weighted by molar-refractivity contribution is 0.354. The predicted octanol–water partition coefficient (Wildman–Crippen LogP) is 7.07. The molecule has 2 fully saturated rings. The van der Waals surface area contributed by atoms with Crippen LogP contribution in [0.3, 0.4) is 0 Å². The Hall–Kier alpha value is -2.98. The molecule has 6 nitrogen and oxygen atoms in total. The summed E-state index contributed by atoms with van der Waals surface area (Å²) in [6.07, 6.45) is 13.4. The summed E-state index contributed by atoms with van der Waals surface area (Å²) in [6.45, 7) is 0. The van der Waals surface area contributed by atoms with E-state index in [-0.39, 0.29) is 11.3 Å². The molecule has 0 aliphatic heterocycles. The smallest absolute Gasteiger partial charge is 0.336 e. The van der Waals surface area contributed by atoms with Gasteiger partial charge < -0.3 is 8.83 Å². The molecule has 0 N–H and O–H groups in total. The number of rotatable bonds is 3. The molecule has 7 heteroatoms. The van der Waals surface area contributed by atoms with Crippen molar-refractivity contribution in [3.05, 3.63) is 85.0 Å². The first-order chi connectivity index (χ1) is 17.0. The molecular formula is C28H29BrN2O4. The van der Waals surface area contributed by atoms with Gasteiger partial charge in [0.25, 0.3) is 0 Å². The monoisotopic (exact) mass is 536 g/mol. The number of hydrogen-bond donors (Lipinski definition) is 0. The number of hydrogen-bond acceptors (Lipinski definition) is 6. The highest BCUT2D eigenvalue weighted by molar-refractivity contribution is 9.10. The van der Waals surface area contributed by atoms with E-state index in [1.807, 2.05) is 18.2 Å². The van der Waals surface area contributed by atoms with Crippen molar-refractivity contribution in [1.82, 2.24) is 4.98 Å². The summed E-state index contributed by atoms with van der Waals surface area (Å²) in [5, 5.41) is 8.80. The van der Waals surface area contributed by atoms with Crippen LogP contribution in [-0.2, 0) is 0 Å². The van der Waals surface area contributed by atoms with E-state index < -0.39 is 0 Å². The van der Waals surface area contributed by atoms with Gasteiger partial charge in [0, 0.05) is 40.2 Å². The van der Waals surface area contributed by atoms with Crippen LogP contribution in [0.5, 0.6) is 0 Å². The molecule has 0 bridgehead atoms. The van der Waals surface area contributed by atoms with Gasteiger partial charge in [0.1, 0.15) is 17.6 Å².